The molecule has 0 amide bonds. The Morgan fingerprint density at radius 3 is 2.67 bits per heavy atom. The number of hydrogen-bond donors (Lipinski definition) is 1. The van der Waals surface area contributed by atoms with Crippen LogP contribution in [0.1, 0.15) is 4.88 Å². The quantitative estimate of drug-likeness (QED) is 0.673. The summed E-state index contributed by atoms with van der Waals surface area (Å²) in [4.78, 5) is 5.01. The molecule has 0 saturated carbocycles. The van der Waals surface area contributed by atoms with Gasteiger partial charge in [-0.25, -0.2) is 0 Å². The van der Waals surface area contributed by atoms with Crippen LogP contribution in [0.2, 0.25) is 4.34 Å². The second-order valence-electron chi connectivity index (χ2n) is 2.56. The molecule has 0 aromatic carbocycles. The molecule has 8 heteroatoms. The van der Waals surface area contributed by atoms with Gasteiger partial charge in [-0.3, -0.25) is 4.84 Å². The zero-order valence-electron chi connectivity index (χ0n) is 7.20. The predicted molar refractivity (Wildman–Crippen MR) is 55.9 cm³/mol. The first-order valence-corrected chi connectivity index (χ1v) is 5.72. The van der Waals surface area contributed by atoms with Gasteiger partial charge in [0.1, 0.15) is 4.34 Å². The molecule has 0 atom stereocenters. The molecule has 0 aliphatic rings. The summed E-state index contributed by atoms with van der Waals surface area (Å²) in [7, 11) is 0. The summed E-state index contributed by atoms with van der Waals surface area (Å²) >= 11 is 10.2. The number of hydrogen-bond acceptors (Lipinski definition) is 3. The van der Waals surface area contributed by atoms with Crippen LogP contribution in [-0.2, 0) is 11.4 Å². The molecule has 1 rings (SSSR count). The van der Waals surface area contributed by atoms with Gasteiger partial charge in [-0.05, 0) is 22.0 Å². The van der Waals surface area contributed by atoms with E-state index in [1.165, 1.54) is 11.3 Å². The Kier molecular flexibility index (Phi) is 4.85. The van der Waals surface area contributed by atoms with Crippen LogP contribution < -0.4 is 5.48 Å². The van der Waals surface area contributed by atoms with Crippen LogP contribution in [-0.4, -0.2) is 12.8 Å². The molecule has 0 aliphatic heterocycles. The Labute approximate surface area is 101 Å². The fourth-order valence-corrected chi connectivity index (χ4v) is 2.45. The maximum atomic E-state index is 11.7. The molecule has 0 bridgehead atoms. The summed E-state index contributed by atoms with van der Waals surface area (Å²) in [5.41, 5.74) is 2.21. The van der Waals surface area contributed by atoms with Gasteiger partial charge in [-0.2, -0.15) is 18.7 Å². The van der Waals surface area contributed by atoms with Gasteiger partial charge in [-0.1, -0.05) is 11.6 Å². The zero-order valence-corrected chi connectivity index (χ0v) is 10.4. The van der Waals surface area contributed by atoms with E-state index in [9.17, 15) is 13.2 Å². The van der Waals surface area contributed by atoms with Gasteiger partial charge in [0.05, 0.1) is 6.54 Å². The van der Waals surface area contributed by atoms with E-state index in [0.29, 0.717) is 4.34 Å². The van der Waals surface area contributed by atoms with Crippen LogP contribution >= 0.6 is 38.9 Å². The van der Waals surface area contributed by atoms with Gasteiger partial charge in [0.2, 0.25) is 0 Å². The Morgan fingerprint density at radius 1 is 1.53 bits per heavy atom. The van der Waals surface area contributed by atoms with Crippen LogP contribution in [0.4, 0.5) is 13.2 Å². The molecule has 86 valence electrons. The number of alkyl halides is 3. The largest absolute Gasteiger partial charge is 0.413 e. The lowest BCUT2D eigenvalue weighted by atomic mass is 10.5. The molecule has 1 aromatic heterocycles. The second-order valence-corrected chi connectivity index (χ2v) is 5.15. The molecule has 1 N–H and O–H groups in total. The van der Waals surface area contributed by atoms with Crippen molar-refractivity contribution in [2.24, 2.45) is 0 Å². The van der Waals surface area contributed by atoms with Crippen molar-refractivity contribution in [1.29, 1.82) is 0 Å². The Balaban J connectivity index is 2.26. The zero-order chi connectivity index (χ0) is 11.5. The molecule has 1 heterocycles. The normalized spacial score (nSPS) is 12.1. The lowest BCUT2D eigenvalue weighted by Gasteiger charge is -2.07. The highest BCUT2D eigenvalue weighted by molar-refractivity contribution is 9.10. The molecule has 0 saturated heterocycles. The van der Waals surface area contributed by atoms with E-state index in [4.69, 9.17) is 11.6 Å². The number of hydroxylamine groups is 1. The first-order chi connectivity index (χ1) is 6.88. The second kappa shape index (κ2) is 5.49. The molecular formula is C7H6BrClF3NOS. The first kappa shape index (κ1) is 13.2. The minimum absolute atomic E-state index is 0.187. The van der Waals surface area contributed by atoms with Gasteiger partial charge >= 0.3 is 6.18 Å². The Bertz CT molecular complexity index is 311. The highest BCUT2D eigenvalue weighted by atomic mass is 79.9. The molecule has 0 fully saturated rings. The van der Waals surface area contributed by atoms with E-state index < -0.39 is 12.8 Å². The van der Waals surface area contributed by atoms with E-state index >= 15 is 0 Å². The summed E-state index contributed by atoms with van der Waals surface area (Å²) in [5.74, 6) is 0. The molecule has 1 aromatic rings. The summed E-state index contributed by atoms with van der Waals surface area (Å²) in [6, 6.07) is 1.72. The minimum atomic E-state index is -4.32. The van der Waals surface area contributed by atoms with Crippen molar-refractivity contribution in [3.63, 3.8) is 0 Å². The van der Waals surface area contributed by atoms with Crippen molar-refractivity contribution in [1.82, 2.24) is 5.48 Å². The molecule has 0 unspecified atom stereocenters. The van der Waals surface area contributed by atoms with Crippen molar-refractivity contribution >= 4 is 38.9 Å². The molecular weight excluding hydrogens is 319 g/mol. The van der Waals surface area contributed by atoms with Gasteiger partial charge in [0.25, 0.3) is 0 Å². The van der Waals surface area contributed by atoms with E-state index in [0.717, 1.165) is 9.35 Å². The van der Waals surface area contributed by atoms with Gasteiger partial charge < -0.3 is 0 Å². The smallest absolute Gasteiger partial charge is 0.292 e. The molecule has 0 spiro atoms. The third-order valence-corrected chi connectivity index (χ3v) is 3.76. The van der Waals surface area contributed by atoms with Crippen LogP contribution in [0.15, 0.2) is 10.5 Å². The van der Waals surface area contributed by atoms with Crippen LogP contribution in [0.25, 0.3) is 0 Å². The monoisotopic (exact) mass is 323 g/mol. The number of nitrogens with one attached hydrogen (secondary N) is 1. The Morgan fingerprint density at radius 2 is 2.20 bits per heavy atom. The van der Waals surface area contributed by atoms with Crippen LogP contribution in [0.5, 0.6) is 0 Å². The van der Waals surface area contributed by atoms with Crippen LogP contribution in [0.3, 0.4) is 0 Å². The van der Waals surface area contributed by atoms with E-state index in [1.807, 2.05) is 0 Å². The average molecular weight is 325 g/mol. The third kappa shape index (κ3) is 5.17. The van der Waals surface area contributed by atoms with Crippen molar-refractivity contribution in [2.45, 2.75) is 12.7 Å². The molecule has 15 heavy (non-hydrogen) atoms. The molecule has 0 aliphatic carbocycles. The van der Waals surface area contributed by atoms with Crippen LogP contribution in [0, 0.1) is 0 Å². The number of rotatable bonds is 4. The van der Waals surface area contributed by atoms with E-state index in [-0.39, 0.29) is 6.54 Å². The molecule has 2 nitrogen and oxygen atoms in total. The van der Waals surface area contributed by atoms with Crippen molar-refractivity contribution in [2.75, 3.05) is 6.61 Å². The Hall–Kier alpha value is 0.180. The lowest BCUT2D eigenvalue weighted by Crippen LogP contribution is -2.24. The maximum absolute atomic E-state index is 11.7. The highest BCUT2D eigenvalue weighted by Gasteiger charge is 2.27. The topological polar surface area (TPSA) is 21.3 Å². The SMILES string of the molecule is FC(F)(F)CONCc1cc(Br)c(Cl)s1. The predicted octanol–water partition coefficient (Wildman–Crippen LogP) is 3.75. The standard InChI is InChI=1S/C7H6BrClF3NOS/c8-5-1-4(15-6(5)9)2-13-14-3-7(10,11)12/h1,13H,2-3H2. The maximum Gasteiger partial charge on any atom is 0.413 e. The van der Waals surface area contributed by atoms with Crippen molar-refractivity contribution < 1.29 is 18.0 Å². The fourth-order valence-electron chi connectivity index (χ4n) is 0.734. The van der Waals surface area contributed by atoms with Gasteiger partial charge in [-0.15, -0.1) is 11.3 Å². The highest BCUT2D eigenvalue weighted by Crippen LogP contribution is 2.31. The van der Waals surface area contributed by atoms with E-state index in [2.05, 4.69) is 26.2 Å². The summed E-state index contributed by atoms with van der Waals surface area (Å²) in [6.07, 6.45) is -4.32. The fraction of sp³-hybridized carbons (Fsp3) is 0.429. The van der Waals surface area contributed by atoms with Crippen molar-refractivity contribution in [3.8, 4) is 0 Å². The molecule has 0 radical (unpaired) electrons. The number of halogens is 5. The third-order valence-electron chi connectivity index (χ3n) is 1.28. The summed E-state index contributed by atoms with van der Waals surface area (Å²) in [6.45, 7) is -1.13. The summed E-state index contributed by atoms with van der Waals surface area (Å²) in [5, 5.41) is 0. The van der Waals surface area contributed by atoms with Crippen molar-refractivity contribution in [3.05, 3.63) is 19.8 Å². The van der Waals surface area contributed by atoms with Gasteiger partial charge in [0, 0.05) is 9.35 Å². The van der Waals surface area contributed by atoms with E-state index in [1.54, 1.807) is 6.07 Å². The first-order valence-electron chi connectivity index (χ1n) is 3.73. The number of thiophene rings is 1. The average Bonchev–Trinajstić information content (AvgIpc) is 2.39. The van der Waals surface area contributed by atoms with Gasteiger partial charge in [0.15, 0.2) is 6.61 Å². The summed E-state index contributed by atoms with van der Waals surface area (Å²) < 4.78 is 36.3. The minimum Gasteiger partial charge on any atom is -0.292 e. The lowest BCUT2D eigenvalue weighted by molar-refractivity contribution is -0.190.